The minimum absolute atomic E-state index is 0.130. The largest absolute Gasteiger partial charge is 0.313 e. The van der Waals surface area contributed by atoms with Crippen LogP contribution in [0.3, 0.4) is 0 Å². The van der Waals surface area contributed by atoms with Crippen molar-refractivity contribution < 1.29 is 4.39 Å². The zero-order valence-electron chi connectivity index (χ0n) is 13.0. The maximum atomic E-state index is 13.3. The van der Waals surface area contributed by atoms with E-state index in [9.17, 15) is 4.39 Å². The van der Waals surface area contributed by atoms with E-state index in [1.807, 2.05) is 6.07 Å². The fourth-order valence-corrected chi connectivity index (χ4v) is 2.37. The maximum Gasteiger partial charge on any atom is 0.123 e. The highest BCUT2D eigenvalue weighted by atomic mass is 19.1. The van der Waals surface area contributed by atoms with E-state index >= 15 is 0 Å². The van der Waals surface area contributed by atoms with Gasteiger partial charge in [-0.05, 0) is 61.4 Å². The van der Waals surface area contributed by atoms with Gasteiger partial charge in [-0.1, -0.05) is 33.8 Å². The molecular formula is C17H28FN. The Morgan fingerprint density at radius 3 is 2.53 bits per heavy atom. The predicted molar refractivity (Wildman–Crippen MR) is 81.0 cm³/mol. The first kappa shape index (κ1) is 16.2. The summed E-state index contributed by atoms with van der Waals surface area (Å²) in [5.74, 6) is -0.130. The number of benzene rings is 1. The summed E-state index contributed by atoms with van der Waals surface area (Å²) in [4.78, 5) is 0. The molecule has 1 rings (SSSR count). The lowest BCUT2D eigenvalue weighted by Gasteiger charge is -2.32. The van der Waals surface area contributed by atoms with Gasteiger partial charge in [-0.2, -0.15) is 0 Å². The van der Waals surface area contributed by atoms with Crippen molar-refractivity contribution in [3.63, 3.8) is 0 Å². The molecule has 0 aliphatic heterocycles. The van der Waals surface area contributed by atoms with Crippen LogP contribution >= 0.6 is 0 Å². The van der Waals surface area contributed by atoms with Gasteiger partial charge in [0.2, 0.25) is 0 Å². The molecule has 1 N–H and O–H groups in total. The molecule has 1 unspecified atom stereocenters. The monoisotopic (exact) mass is 265 g/mol. The summed E-state index contributed by atoms with van der Waals surface area (Å²) in [5, 5.41) is 3.62. The van der Waals surface area contributed by atoms with Crippen molar-refractivity contribution in [3.05, 3.63) is 35.1 Å². The Morgan fingerprint density at radius 1 is 1.26 bits per heavy atom. The van der Waals surface area contributed by atoms with Crippen LogP contribution in [0.5, 0.6) is 0 Å². The molecule has 0 aliphatic carbocycles. The smallest absolute Gasteiger partial charge is 0.123 e. The van der Waals surface area contributed by atoms with Crippen LogP contribution in [0.25, 0.3) is 0 Å². The topological polar surface area (TPSA) is 12.0 Å². The van der Waals surface area contributed by atoms with E-state index in [-0.39, 0.29) is 11.2 Å². The molecule has 1 nitrogen and oxygen atoms in total. The van der Waals surface area contributed by atoms with E-state index in [1.165, 1.54) is 11.6 Å². The minimum Gasteiger partial charge on any atom is -0.313 e. The van der Waals surface area contributed by atoms with E-state index < -0.39 is 0 Å². The van der Waals surface area contributed by atoms with Crippen LogP contribution in [0.4, 0.5) is 4.39 Å². The standard InChI is InChI=1S/C17H28FN/c1-6-11-19-16(17(3,4)5)10-8-14-12-15(18)9-7-13(14)2/h7,9,12,16,19H,6,8,10-11H2,1-5H3. The van der Waals surface area contributed by atoms with Crippen LogP contribution < -0.4 is 5.32 Å². The third-order valence-corrected chi connectivity index (χ3v) is 3.70. The third kappa shape index (κ3) is 5.32. The van der Waals surface area contributed by atoms with Gasteiger partial charge in [0.15, 0.2) is 0 Å². The lowest BCUT2D eigenvalue weighted by Crippen LogP contribution is -2.41. The van der Waals surface area contributed by atoms with Gasteiger partial charge in [0.05, 0.1) is 0 Å². The zero-order valence-corrected chi connectivity index (χ0v) is 13.0. The van der Waals surface area contributed by atoms with Gasteiger partial charge in [-0.15, -0.1) is 0 Å². The number of hydrogen-bond acceptors (Lipinski definition) is 1. The van der Waals surface area contributed by atoms with E-state index in [0.29, 0.717) is 6.04 Å². The van der Waals surface area contributed by atoms with Crippen molar-refractivity contribution in [1.29, 1.82) is 0 Å². The van der Waals surface area contributed by atoms with E-state index in [2.05, 4.69) is 39.9 Å². The van der Waals surface area contributed by atoms with Crippen molar-refractivity contribution in [3.8, 4) is 0 Å². The van der Waals surface area contributed by atoms with Crippen LogP contribution in [0.2, 0.25) is 0 Å². The molecular weight excluding hydrogens is 237 g/mol. The summed E-state index contributed by atoms with van der Waals surface area (Å²) in [5.41, 5.74) is 2.55. The summed E-state index contributed by atoms with van der Waals surface area (Å²) in [6, 6.07) is 5.55. The highest BCUT2D eigenvalue weighted by Gasteiger charge is 2.23. The SMILES string of the molecule is CCCNC(CCc1cc(F)ccc1C)C(C)(C)C. The van der Waals surface area contributed by atoms with Crippen LogP contribution in [0, 0.1) is 18.2 Å². The molecule has 0 spiro atoms. The minimum atomic E-state index is -0.130. The van der Waals surface area contributed by atoms with Crippen molar-refractivity contribution >= 4 is 0 Å². The van der Waals surface area contributed by atoms with Gasteiger partial charge < -0.3 is 5.32 Å². The first-order valence-electron chi connectivity index (χ1n) is 7.33. The lowest BCUT2D eigenvalue weighted by molar-refractivity contribution is 0.255. The quantitative estimate of drug-likeness (QED) is 0.799. The molecule has 1 atom stereocenters. The molecule has 108 valence electrons. The number of aryl methyl sites for hydroxylation is 2. The molecule has 2 heteroatoms. The lowest BCUT2D eigenvalue weighted by atomic mass is 9.83. The molecule has 1 aromatic carbocycles. The normalized spacial score (nSPS) is 13.6. The van der Waals surface area contributed by atoms with E-state index in [4.69, 9.17) is 0 Å². The Hall–Kier alpha value is -0.890. The van der Waals surface area contributed by atoms with Crippen LogP contribution in [0.1, 0.15) is 51.7 Å². The number of rotatable bonds is 6. The molecule has 0 fully saturated rings. The second-order valence-electron chi connectivity index (χ2n) is 6.48. The van der Waals surface area contributed by atoms with Gasteiger partial charge in [-0.3, -0.25) is 0 Å². The third-order valence-electron chi connectivity index (χ3n) is 3.70. The van der Waals surface area contributed by atoms with Crippen LogP contribution in [0.15, 0.2) is 18.2 Å². The second-order valence-corrected chi connectivity index (χ2v) is 6.48. The molecule has 0 saturated carbocycles. The first-order chi connectivity index (χ1) is 8.84. The van der Waals surface area contributed by atoms with Crippen LogP contribution in [-0.4, -0.2) is 12.6 Å². The van der Waals surface area contributed by atoms with Crippen molar-refractivity contribution in [2.45, 2.75) is 59.9 Å². The first-order valence-corrected chi connectivity index (χ1v) is 7.33. The number of halogens is 1. The number of nitrogens with one attached hydrogen (secondary N) is 1. The highest BCUT2D eigenvalue weighted by Crippen LogP contribution is 2.24. The molecule has 19 heavy (non-hydrogen) atoms. The maximum absolute atomic E-state index is 13.3. The summed E-state index contributed by atoms with van der Waals surface area (Å²) in [6.07, 6.45) is 3.13. The fourth-order valence-electron chi connectivity index (χ4n) is 2.37. The van der Waals surface area contributed by atoms with Crippen molar-refractivity contribution in [2.24, 2.45) is 5.41 Å². The Labute approximate surface area is 117 Å². The van der Waals surface area contributed by atoms with Crippen LogP contribution in [-0.2, 0) is 6.42 Å². The summed E-state index contributed by atoms with van der Waals surface area (Å²) in [6.45, 7) is 12.1. The van der Waals surface area contributed by atoms with Gasteiger partial charge in [0, 0.05) is 6.04 Å². The molecule has 1 aromatic rings. The molecule has 0 amide bonds. The summed E-state index contributed by atoms with van der Waals surface area (Å²) < 4.78 is 13.3. The van der Waals surface area contributed by atoms with Gasteiger partial charge >= 0.3 is 0 Å². The van der Waals surface area contributed by atoms with Gasteiger partial charge in [0.25, 0.3) is 0 Å². The molecule has 0 radical (unpaired) electrons. The van der Waals surface area contributed by atoms with Crippen molar-refractivity contribution in [1.82, 2.24) is 5.32 Å². The number of hydrogen-bond donors (Lipinski definition) is 1. The highest BCUT2D eigenvalue weighted by molar-refractivity contribution is 5.26. The van der Waals surface area contributed by atoms with E-state index in [1.54, 1.807) is 6.07 Å². The molecule has 0 heterocycles. The Kier molecular flexibility index (Phi) is 5.99. The predicted octanol–water partition coefficient (Wildman–Crippen LogP) is 4.48. The molecule has 0 saturated heterocycles. The van der Waals surface area contributed by atoms with E-state index in [0.717, 1.165) is 31.4 Å². The molecule has 0 aliphatic rings. The Morgan fingerprint density at radius 2 is 1.95 bits per heavy atom. The fraction of sp³-hybridized carbons (Fsp3) is 0.647. The average molecular weight is 265 g/mol. The van der Waals surface area contributed by atoms with Gasteiger partial charge in [0.1, 0.15) is 5.82 Å². The summed E-state index contributed by atoms with van der Waals surface area (Å²) >= 11 is 0. The second kappa shape index (κ2) is 7.04. The average Bonchev–Trinajstić information content (AvgIpc) is 2.31. The summed E-state index contributed by atoms with van der Waals surface area (Å²) in [7, 11) is 0. The molecule has 0 aromatic heterocycles. The van der Waals surface area contributed by atoms with Gasteiger partial charge in [-0.25, -0.2) is 4.39 Å². The Balaban J connectivity index is 2.67. The molecule has 0 bridgehead atoms. The Bertz CT molecular complexity index is 393. The van der Waals surface area contributed by atoms with Crippen molar-refractivity contribution in [2.75, 3.05) is 6.54 Å². The zero-order chi connectivity index (χ0) is 14.5.